The molecule has 1 atom stereocenters. The van der Waals surface area contributed by atoms with Crippen molar-refractivity contribution in [3.63, 3.8) is 0 Å². The van der Waals surface area contributed by atoms with Crippen LogP contribution in [0.1, 0.15) is 17.4 Å². The zero-order valence-corrected chi connectivity index (χ0v) is 24.6. The van der Waals surface area contributed by atoms with Crippen molar-refractivity contribution in [3.05, 3.63) is 124 Å². The topological polar surface area (TPSA) is 148 Å². The van der Waals surface area contributed by atoms with Gasteiger partial charge in [-0.15, -0.1) is 5.10 Å². The van der Waals surface area contributed by atoms with Gasteiger partial charge in [0, 0.05) is 60.0 Å². The molecular formula is C30H23Cl2N9O3. The summed E-state index contributed by atoms with van der Waals surface area (Å²) in [4.78, 5) is 38.3. The summed E-state index contributed by atoms with van der Waals surface area (Å²) >= 11 is 12.9. The molecule has 2 aromatic carbocycles. The molecule has 220 valence electrons. The molecule has 6 rings (SSSR count). The number of hydrogen-bond donors (Lipinski definition) is 2. The van der Waals surface area contributed by atoms with Gasteiger partial charge in [0.2, 0.25) is 0 Å². The minimum absolute atomic E-state index is 0.213. The first-order valence-corrected chi connectivity index (χ1v) is 14.0. The molecular weight excluding hydrogens is 605 g/mol. The number of hydrogen-bond acceptors (Lipinski definition) is 7. The fourth-order valence-electron chi connectivity index (χ4n) is 4.88. The van der Waals surface area contributed by atoms with E-state index >= 15 is 0 Å². The van der Waals surface area contributed by atoms with Crippen LogP contribution in [-0.4, -0.2) is 58.0 Å². The number of halogens is 2. The lowest BCUT2D eigenvalue weighted by atomic mass is 10.0. The van der Waals surface area contributed by atoms with Crippen molar-refractivity contribution in [2.75, 3.05) is 11.9 Å². The zero-order chi connectivity index (χ0) is 30.8. The number of pyridine rings is 2. The first-order chi connectivity index (χ1) is 21.3. The first-order valence-electron chi connectivity index (χ1n) is 13.3. The molecule has 0 bridgehead atoms. The van der Waals surface area contributed by atoms with Crippen LogP contribution in [0.5, 0.6) is 0 Å². The molecule has 12 nitrogen and oxygen atoms in total. The van der Waals surface area contributed by atoms with E-state index in [0.717, 1.165) is 10.5 Å². The predicted molar refractivity (Wildman–Crippen MR) is 165 cm³/mol. The Hall–Kier alpha value is -5.33. The van der Waals surface area contributed by atoms with Crippen molar-refractivity contribution in [3.8, 4) is 28.1 Å². The smallest absolute Gasteiger partial charge is 0.411 e. The normalized spacial score (nSPS) is 11.8. The quantitative estimate of drug-likeness (QED) is 0.224. The van der Waals surface area contributed by atoms with Crippen LogP contribution >= 0.6 is 23.2 Å². The Kier molecular flexibility index (Phi) is 7.92. The molecule has 4 heterocycles. The molecule has 0 saturated heterocycles. The second-order valence-corrected chi connectivity index (χ2v) is 10.6. The van der Waals surface area contributed by atoms with E-state index in [1.807, 2.05) is 18.2 Å². The third-order valence-corrected chi connectivity index (χ3v) is 7.63. The lowest BCUT2D eigenvalue weighted by Gasteiger charge is -2.19. The number of nitrogens with zero attached hydrogens (tertiary/aromatic N) is 8. The summed E-state index contributed by atoms with van der Waals surface area (Å²) < 4.78 is 3.09. The van der Waals surface area contributed by atoms with Crippen LogP contribution in [0.2, 0.25) is 10.2 Å². The SMILES string of the molecule is CN(C(=O)O)c1ccc(-c2[nH]c(C(Cc3cccnc3)n3ccc(-c4cc(Cl)ccc4-n4cnnn4)cc3=O)nc2Cl)cc1. The summed E-state index contributed by atoms with van der Waals surface area (Å²) in [6.45, 7) is 0. The van der Waals surface area contributed by atoms with E-state index in [1.54, 1.807) is 65.6 Å². The van der Waals surface area contributed by atoms with Crippen LogP contribution in [0.15, 0.2) is 96.4 Å². The van der Waals surface area contributed by atoms with Gasteiger partial charge in [-0.25, -0.2) is 9.78 Å². The maximum absolute atomic E-state index is 13.8. The number of benzene rings is 2. The summed E-state index contributed by atoms with van der Waals surface area (Å²) in [5.41, 5.74) is 4.32. The third-order valence-electron chi connectivity index (χ3n) is 7.13. The Balaban J connectivity index is 1.40. The number of aromatic amines is 1. The summed E-state index contributed by atoms with van der Waals surface area (Å²) in [6.07, 6.45) is 5.91. The van der Waals surface area contributed by atoms with E-state index in [2.05, 4.69) is 30.5 Å². The number of nitrogens with one attached hydrogen (secondary N) is 1. The molecule has 0 radical (unpaired) electrons. The molecule has 44 heavy (non-hydrogen) atoms. The van der Waals surface area contributed by atoms with Gasteiger partial charge in [-0.05, 0) is 64.0 Å². The molecule has 1 unspecified atom stereocenters. The molecule has 0 saturated carbocycles. The Bertz CT molecular complexity index is 1990. The second-order valence-electron chi connectivity index (χ2n) is 9.83. The van der Waals surface area contributed by atoms with Gasteiger partial charge in [0.25, 0.3) is 5.56 Å². The highest BCUT2D eigenvalue weighted by Gasteiger charge is 2.23. The molecule has 2 N–H and O–H groups in total. The molecule has 0 spiro atoms. The number of rotatable bonds is 8. The molecule has 0 aliphatic carbocycles. The molecule has 1 amide bonds. The van der Waals surface area contributed by atoms with Crippen LogP contribution in [0.3, 0.4) is 0 Å². The van der Waals surface area contributed by atoms with Crippen LogP contribution in [0.4, 0.5) is 10.5 Å². The van der Waals surface area contributed by atoms with E-state index < -0.39 is 12.1 Å². The largest absolute Gasteiger partial charge is 0.465 e. The van der Waals surface area contributed by atoms with Crippen molar-refractivity contribution in [2.45, 2.75) is 12.5 Å². The number of imidazole rings is 1. The van der Waals surface area contributed by atoms with Crippen LogP contribution in [-0.2, 0) is 6.42 Å². The Morgan fingerprint density at radius 1 is 1.07 bits per heavy atom. The summed E-state index contributed by atoms with van der Waals surface area (Å²) in [5.74, 6) is 0.465. The lowest BCUT2D eigenvalue weighted by molar-refractivity contribution is 0.203. The van der Waals surface area contributed by atoms with E-state index in [-0.39, 0.29) is 10.7 Å². The molecule has 0 aliphatic rings. The van der Waals surface area contributed by atoms with Gasteiger partial charge >= 0.3 is 6.09 Å². The molecule has 4 aromatic heterocycles. The first kappa shape index (κ1) is 28.8. The van der Waals surface area contributed by atoms with E-state index in [1.165, 1.54) is 24.1 Å². The number of H-pyrrole nitrogens is 1. The Morgan fingerprint density at radius 2 is 1.89 bits per heavy atom. The number of aromatic nitrogens is 8. The van der Waals surface area contributed by atoms with Gasteiger partial charge in [-0.1, -0.05) is 41.4 Å². The summed E-state index contributed by atoms with van der Waals surface area (Å²) in [5, 5.41) is 21.4. The summed E-state index contributed by atoms with van der Waals surface area (Å²) in [7, 11) is 1.46. The lowest BCUT2D eigenvalue weighted by Crippen LogP contribution is -2.27. The molecule has 14 heteroatoms. The van der Waals surface area contributed by atoms with Crippen molar-refractivity contribution in [2.24, 2.45) is 0 Å². The van der Waals surface area contributed by atoms with Gasteiger partial charge < -0.3 is 14.7 Å². The predicted octanol–water partition coefficient (Wildman–Crippen LogP) is 5.53. The van der Waals surface area contributed by atoms with Gasteiger partial charge in [0.15, 0.2) is 5.15 Å². The highest BCUT2D eigenvalue weighted by molar-refractivity contribution is 6.32. The fourth-order valence-corrected chi connectivity index (χ4v) is 5.29. The van der Waals surface area contributed by atoms with E-state index in [9.17, 15) is 14.7 Å². The average Bonchev–Trinajstić information content (AvgIpc) is 3.70. The maximum Gasteiger partial charge on any atom is 0.411 e. The Labute approximate surface area is 260 Å². The number of amides is 1. The number of anilines is 1. The third kappa shape index (κ3) is 5.80. The molecule has 0 aliphatic heterocycles. The van der Waals surface area contributed by atoms with E-state index in [0.29, 0.717) is 51.0 Å². The standard InChI is InChI=1S/C30H23Cl2N9O3/c1-39(30(43)44)22-7-4-19(5-8-22)27-28(32)36-29(35-27)25(13-18-3-2-11-33-16-18)40-12-10-20(14-26(40)42)23-15-21(31)6-9-24(23)41-17-34-37-38-41/h2-12,14-17,25H,13H2,1H3,(H,35,36)(H,43,44). The number of carbonyl (C=O) groups is 1. The van der Waals surface area contributed by atoms with Crippen LogP contribution < -0.4 is 10.5 Å². The summed E-state index contributed by atoms with van der Waals surface area (Å²) in [6, 6.07) is 18.6. The number of carboxylic acid groups (broad SMARTS) is 1. The fraction of sp³-hybridized carbons (Fsp3) is 0.100. The van der Waals surface area contributed by atoms with Crippen molar-refractivity contribution in [1.82, 2.24) is 39.7 Å². The van der Waals surface area contributed by atoms with Crippen LogP contribution in [0, 0.1) is 0 Å². The minimum atomic E-state index is -1.07. The van der Waals surface area contributed by atoms with Crippen molar-refractivity contribution in [1.29, 1.82) is 0 Å². The number of tetrazole rings is 1. The second kappa shape index (κ2) is 12.1. The van der Waals surface area contributed by atoms with Gasteiger partial charge in [0.05, 0.1) is 17.4 Å². The maximum atomic E-state index is 13.8. The molecule has 0 fully saturated rings. The van der Waals surface area contributed by atoms with Crippen LogP contribution in [0.25, 0.3) is 28.1 Å². The minimum Gasteiger partial charge on any atom is -0.465 e. The zero-order valence-electron chi connectivity index (χ0n) is 23.0. The Morgan fingerprint density at radius 3 is 2.57 bits per heavy atom. The highest BCUT2D eigenvalue weighted by atomic mass is 35.5. The van der Waals surface area contributed by atoms with Crippen molar-refractivity contribution >= 4 is 35.0 Å². The van der Waals surface area contributed by atoms with Gasteiger partial charge in [-0.3, -0.25) is 14.7 Å². The highest BCUT2D eigenvalue weighted by Crippen LogP contribution is 2.32. The van der Waals surface area contributed by atoms with Gasteiger partial charge in [-0.2, -0.15) is 4.68 Å². The van der Waals surface area contributed by atoms with Gasteiger partial charge in [0.1, 0.15) is 12.2 Å². The van der Waals surface area contributed by atoms with E-state index in [4.69, 9.17) is 23.2 Å². The van der Waals surface area contributed by atoms with Crippen molar-refractivity contribution < 1.29 is 9.90 Å². The average molecular weight is 628 g/mol. The monoisotopic (exact) mass is 627 g/mol. The molecule has 6 aromatic rings.